The minimum atomic E-state index is -4.82. The zero-order chi connectivity index (χ0) is 17.1. The summed E-state index contributed by atoms with van der Waals surface area (Å²) in [4.78, 5) is 41.0. The normalized spacial score (nSPS) is 13.2. The van der Waals surface area contributed by atoms with Crippen molar-refractivity contribution < 1.29 is 33.4 Å². The molecule has 1 aromatic carbocycles. The van der Waals surface area contributed by atoms with Crippen LogP contribution in [0.1, 0.15) is 17.3 Å². The Morgan fingerprint density at radius 2 is 1.73 bits per heavy atom. The molecule has 0 saturated carbocycles. The number of esters is 1. The number of ether oxygens (including phenoxy) is 1. The Kier molecular flexibility index (Phi) is 5.31. The van der Waals surface area contributed by atoms with E-state index in [9.17, 15) is 34.5 Å². The van der Waals surface area contributed by atoms with E-state index >= 15 is 0 Å². The second kappa shape index (κ2) is 6.60. The monoisotopic (exact) mass is 334 g/mol. The Morgan fingerprint density at radius 1 is 1.27 bits per heavy atom. The summed E-state index contributed by atoms with van der Waals surface area (Å²) in [6, 6.07) is 1.24. The summed E-state index contributed by atoms with van der Waals surface area (Å²) in [5.41, 5.74) is -2.65. The van der Waals surface area contributed by atoms with Crippen LogP contribution in [0, 0.1) is 20.2 Å². The lowest BCUT2D eigenvalue weighted by atomic mass is 10.1. The quantitative estimate of drug-likeness (QED) is 0.348. The van der Waals surface area contributed by atoms with Crippen molar-refractivity contribution in [3.63, 3.8) is 0 Å². The highest BCUT2D eigenvalue weighted by molar-refractivity contribution is 7.62. The maximum absolute atomic E-state index is 12.0. The molecule has 0 bridgehead atoms. The van der Waals surface area contributed by atoms with Gasteiger partial charge in [0, 0.05) is 12.1 Å². The van der Waals surface area contributed by atoms with Crippen LogP contribution in [0.4, 0.5) is 11.4 Å². The average molecular weight is 334 g/mol. The maximum Gasteiger partial charge on any atom is 0.372 e. The number of nitrogens with zero attached hydrogens (tertiary/aromatic N) is 2. The number of rotatable bonds is 6. The number of hydrogen-bond donors (Lipinski definition) is 1. The highest BCUT2D eigenvalue weighted by Gasteiger charge is 2.41. The van der Waals surface area contributed by atoms with Crippen molar-refractivity contribution in [2.75, 3.05) is 13.7 Å². The van der Waals surface area contributed by atoms with E-state index in [4.69, 9.17) is 0 Å². The summed E-state index contributed by atoms with van der Waals surface area (Å²) in [6.07, 6.45) is 0. The SMILES string of the molecule is CCOP(=O)(O)c1c([N+](=O)[O-])cc(C(=O)OC)cc1[N+](=O)[O-]. The smallest absolute Gasteiger partial charge is 0.372 e. The van der Waals surface area contributed by atoms with E-state index in [-0.39, 0.29) is 6.61 Å². The highest BCUT2D eigenvalue weighted by atomic mass is 31.2. The van der Waals surface area contributed by atoms with Gasteiger partial charge in [0.2, 0.25) is 5.30 Å². The van der Waals surface area contributed by atoms with Crippen LogP contribution in [0.2, 0.25) is 0 Å². The van der Waals surface area contributed by atoms with Crippen LogP contribution in [-0.4, -0.2) is 34.4 Å². The first kappa shape index (κ1) is 17.7. The zero-order valence-electron chi connectivity index (χ0n) is 11.4. The Labute approximate surface area is 123 Å². The van der Waals surface area contributed by atoms with Crippen molar-refractivity contribution >= 4 is 30.2 Å². The van der Waals surface area contributed by atoms with Crippen molar-refractivity contribution in [3.05, 3.63) is 37.9 Å². The number of benzene rings is 1. The maximum atomic E-state index is 12.0. The Bertz CT molecular complexity index is 652. The highest BCUT2D eigenvalue weighted by Crippen LogP contribution is 2.46. The molecule has 0 aliphatic heterocycles. The fourth-order valence-electron chi connectivity index (χ4n) is 1.65. The topological polar surface area (TPSA) is 159 Å². The minimum absolute atomic E-state index is 0.305. The van der Waals surface area contributed by atoms with Crippen molar-refractivity contribution in [3.8, 4) is 0 Å². The number of nitro benzene ring substituents is 2. The van der Waals surface area contributed by atoms with E-state index in [1.165, 1.54) is 6.92 Å². The molecule has 120 valence electrons. The van der Waals surface area contributed by atoms with E-state index in [0.717, 1.165) is 7.11 Å². The second-order valence-electron chi connectivity index (χ2n) is 3.81. The van der Waals surface area contributed by atoms with Crippen molar-refractivity contribution in [2.24, 2.45) is 0 Å². The summed E-state index contributed by atoms with van der Waals surface area (Å²) in [7, 11) is -3.84. The standard InChI is InChI=1S/C10H11N2O9P/c1-3-21-22(18,19)9-7(11(14)15)4-6(10(13)20-2)5-8(9)12(16)17/h4-5H,3H2,1-2H3,(H,18,19). The lowest BCUT2D eigenvalue weighted by Crippen LogP contribution is -2.18. The van der Waals surface area contributed by atoms with Gasteiger partial charge in [0.1, 0.15) is 0 Å². The number of methoxy groups -OCH3 is 1. The van der Waals surface area contributed by atoms with Crippen LogP contribution in [-0.2, 0) is 13.8 Å². The molecule has 11 nitrogen and oxygen atoms in total. The first-order chi connectivity index (χ1) is 10.2. The van der Waals surface area contributed by atoms with E-state index in [1.807, 2.05) is 0 Å². The molecule has 1 rings (SSSR count). The van der Waals surface area contributed by atoms with Gasteiger partial charge in [-0.05, 0) is 6.92 Å². The first-order valence-corrected chi connectivity index (χ1v) is 7.26. The van der Waals surface area contributed by atoms with Gasteiger partial charge in [0.05, 0.1) is 29.1 Å². The molecule has 1 N–H and O–H groups in total. The van der Waals surface area contributed by atoms with Crippen LogP contribution in [0.5, 0.6) is 0 Å². The molecule has 0 aliphatic rings. The van der Waals surface area contributed by atoms with Gasteiger partial charge in [0.25, 0.3) is 11.4 Å². The molecule has 1 unspecified atom stereocenters. The molecule has 1 atom stereocenters. The van der Waals surface area contributed by atoms with Crippen molar-refractivity contribution in [1.29, 1.82) is 0 Å². The van der Waals surface area contributed by atoms with Gasteiger partial charge in [0.15, 0.2) is 0 Å². The van der Waals surface area contributed by atoms with Gasteiger partial charge in [-0.3, -0.25) is 24.8 Å². The molecule has 12 heteroatoms. The van der Waals surface area contributed by atoms with Crippen LogP contribution < -0.4 is 5.30 Å². The molecule has 0 spiro atoms. The predicted octanol–water partition coefficient (Wildman–Crippen LogP) is 1.14. The first-order valence-electron chi connectivity index (χ1n) is 5.68. The molecule has 1 aromatic rings. The van der Waals surface area contributed by atoms with E-state index < -0.39 is 45.7 Å². The van der Waals surface area contributed by atoms with Crippen LogP contribution in [0.25, 0.3) is 0 Å². The predicted molar refractivity (Wildman–Crippen MR) is 72.2 cm³/mol. The molecule has 0 saturated heterocycles. The number of carbonyl (C=O) groups is 1. The Balaban J connectivity index is 3.80. The van der Waals surface area contributed by atoms with Gasteiger partial charge in [-0.25, -0.2) is 4.79 Å². The number of nitro groups is 2. The molecule has 0 amide bonds. The third kappa shape index (κ3) is 3.45. The summed E-state index contributed by atoms with van der Waals surface area (Å²) in [6.45, 7) is 1.03. The van der Waals surface area contributed by atoms with Gasteiger partial charge >= 0.3 is 13.6 Å². The number of hydrogen-bond acceptors (Lipinski definition) is 8. The average Bonchev–Trinajstić information content (AvgIpc) is 2.44. The number of carbonyl (C=O) groups excluding carboxylic acids is 1. The van der Waals surface area contributed by atoms with E-state index in [1.54, 1.807) is 0 Å². The largest absolute Gasteiger partial charge is 0.465 e. The fourth-order valence-corrected chi connectivity index (χ4v) is 3.00. The Hall–Kier alpha value is -2.36. The zero-order valence-corrected chi connectivity index (χ0v) is 12.3. The van der Waals surface area contributed by atoms with Crippen LogP contribution in [0.3, 0.4) is 0 Å². The minimum Gasteiger partial charge on any atom is -0.465 e. The summed E-state index contributed by atoms with van der Waals surface area (Å²) < 4.78 is 20.9. The third-order valence-electron chi connectivity index (χ3n) is 2.47. The summed E-state index contributed by atoms with van der Waals surface area (Å²) >= 11 is 0. The molecule has 22 heavy (non-hydrogen) atoms. The molecule has 0 aromatic heterocycles. The van der Waals surface area contributed by atoms with Gasteiger partial charge in [-0.2, -0.15) is 0 Å². The van der Waals surface area contributed by atoms with Gasteiger partial charge < -0.3 is 14.2 Å². The lowest BCUT2D eigenvalue weighted by Gasteiger charge is -2.12. The molecule has 0 heterocycles. The van der Waals surface area contributed by atoms with Crippen molar-refractivity contribution in [1.82, 2.24) is 0 Å². The fraction of sp³-hybridized carbons (Fsp3) is 0.300. The Morgan fingerprint density at radius 3 is 2.05 bits per heavy atom. The lowest BCUT2D eigenvalue weighted by molar-refractivity contribution is -0.391. The third-order valence-corrected chi connectivity index (χ3v) is 4.10. The second-order valence-corrected chi connectivity index (χ2v) is 5.55. The molecular weight excluding hydrogens is 323 g/mol. The van der Waals surface area contributed by atoms with Gasteiger partial charge in [-0.1, -0.05) is 0 Å². The van der Waals surface area contributed by atoms with Crippen LogP contribution >= 0.6 is 7.60 Å². The summed E-state index contributed by atoms with van der Waals surface area (Å²) in [5.74, 6) is -1.07. The summed E-state index contributed by atoms with van der Waals surface area (Å²) in [5, 5.41) is 21.0. The van der Waals surface area contributed by atoms with Crippen LogP contribution in [0.15, 0.2) is 12.1 Å². The molecular formula is C10H11N2O9P. The van der Waals surface area contributed by atoms with Crippen molar-refractivity contribution in [2.45, 2.75) is 6.92 Å². The van der Waals surface area contributed by atoms with E-state index in [2.05, 4.69) is 9.26 Å². The van der Waals surface area contributed by atoms with E-state index in [0.29, 0.717) is 12.1 Å². The molecule has 0 aliphatic carbocycles. The van der Waals surface area contributed by atoms with Gasteiger partial charge in [-0.15, -0.1) is 0 Å². The molecule has 0 fully saturated rings. The molecule has 0 radical (unpaired) electrons.